The van der Waals surface area contributed by atoms with Crippen molar-refractivity contribution in [2.75, 3.05) is 0 Å². The van der Waals surface area contributed by atoms with Gasteiger partial charge in [0.05, 0.1) is 16.3 Å². The van der Waals surface area contributed by atoms with Crippen molar-refractivity contribution in [2.45, 2.75) is 45.1 Å². The van der Waals surface area contributed by atoms with Crippen LogP contribution in [0.1, 0.15) is 41.1 Å². The number of carbonyl (C=O) groups is 1. The second-order valence-corrected chi connectivity index (χ2v) is 7.19. The second kappa shape index (κ2) is 5.35. The molecule has 2 aromatic rings. The molecule has 0 amide bonds. The SMILES string of the molecule is Cc1nc(-c2ccc(C3(O)CCC(=O)CC3)cc2)c(C)s1. The summed E-state index contributed by atoms with van der Waals surface area (Å²) in [5, 5.41) is 11.8. The highest BCUT2D eigenvalue weighted by Crippen LogP contribution is 2.37. The molecule has 1 aromatic heterocycles. The Hall–Kier alpha value is -1.52. The topological polar surface area (TPSA) is 50.2 Å². The highest BCUT2D eigenvalue weighted by atomic mass is 32.1. The average Bonchev–Trinajstić information content (AvgIpc) is 2.81. The molecule has 0 aliphatic heterocycles. The summed E-state index contributed by atoms with van der Waals surface area (Å²) in [6.45, 7) is 4.09. The van der Waals surface area contributed by atoms with E-state index < -0.39 is 5.60 Å². The number of hydrogen-bond acceptors (Lipinski definition) is 4. The molecule has 1 heterocycles. The number of aryl methyl sites for hydroxylation is 2. The van der Waals surface area contributed by atoms with Gasteiger partial charge in [-0.15, -0.1) is 11.3 Å². The Balaban J connectivity index is 1.87. The van der Waals surface area contributed by atoms with Crippen molar-refractivity contribution in [3.63, 3.8) is 0 Å². The highest BCUT2D eigenvalue weighted by Gasteiger charge is 2.33. The first-order valence-electron chi connectivity index (χ1n) is 7.27. The fourth-order valence-corrected chi connectivity index (χ4v) is 3.81. The van der Waals surface area contributed by atoms with Gasteiger partial charge in [0, 0.05) is 23.3 Å². The number of Topliss-reactive ketones (excluding diaryl/α,β-unsaturated/α-hetero) is 1. The van der Waals surface area contributed by atoms with Crippen molar-refractivity contribution in [1.29, 1.82) is 0 Å². The Morgan fingerprint density at radius 3 is 2.29 bits per heavy atom. The van der Waals surface area contributed by atoms with Crippen LogP contribution in [0.25, 0.3) is 11.3 Å². The van der Waals surface area contributed by atoms with Gasteiger partial charge in [0.2, 0.25) is 0 Å². The first kappa shape index (κ1) is 14.4. The number of aromatic nitrogens is 1. The van der Waals surface area contributed by atoms with Gasteiger partial charge in [0.1, 0.15) is 5.78 Å². The molecule has 1 aliphatic carbocycles. The fourth-order valence-electron chi connectivity index (χ4n) is 2.97. The van der Waals surface area contributed by atoms with Gasteiger partial charge in [-0.2, -0.15) is 0 Å². The maximum atomic E-state index is 11.3. The van der Waals surface area contributed by atoms with Gasteiger partial charge in [0.25, 0.3) is 0 Å². The summed E-state index contributed by atoms with van der Waals surface area (Å²) in [6.07, 6.45) is 2.01. The lowest BCUT2D eigenvalue weighted by molar-refractivity contribution is -0.125. The van der Waals surface area contributed by atoms with Crippen LogP contribution in [0.5, 0.6) is 0 Å². The predicted octanol–water partition coefficient (Wildman–Crippen LogP) is 3.76. The van der Waals surface area contributed by atoms with Crippen LogP contribution in [-0.4, -0.2) is 15.9 Å². The molecule has 3 nitrogen and oxygen atoms in total. The molecule has 3 rings (SSSR count). The van der Waals surface area contributed by atoms with E-state index in [-0.39, 0.29) is 5.78 Å². The quantitative estimate of drug-likeness (QED) is 0.919. The third kappa shape index (κ3) is 2.78. The Morgan fingerprint density at radius 1 is 1.14 bits per heavy atom. The minimum atomic E-state index is -0.848. The second-order valence-electron chi connectivity index (χ2n) is 5.79. The van der Waals surface area contributed by atoms with Crippen molar-refractivity contribution in [3.8, 4) is 11.3 Å². The van der Waals surface area contributed by atoms with Gasteiger partial charge < -0.3 is 5.11 Å². The first-order valence-corrected chi connectivity index (χ1v) is 8.09. The van der Waals surface area contributed by atoms with Crippen LogP contribution < -0.4 is 0 Å². The Morgan fingerprint density at radius 2 is 1.76 bits per heavy atom. The van der Waals surface area contributed by atoms with Crippen LogP contribution in [0.15, 0.2) is 24.3 Å². The number of hydrogen-bond donors (Lipinski definition) is 1. The van der Waals surface area contributed by atoms with Crippen LogP contribution in [-0.2, 0) is 10.4 Å². The molecule has 1 fully saturated rings. The minimum absolute atomic E-state index is 0.255. The van der Waals surface area contributed by atoms with E-state index in [1.807, 2.05) is 31.2 Å². The van der Waals surface area contributed by atoms with Crippen molar-refractivity contribution in [3.05, 3.63) is 39.7 Å². The van der Waals surface area contributed by atoms with E-state index in [0.29, 0.717) is 25.7 Å². The molecule has 0 radical (unpaired) electrons. The van der Waals surface area contributed by atoms with Gasteiger partial charge in [-0.3, -0.25) is 4.79 Å². The number of thiazole rings is 1. The minimum Gasteiger partial charge on any atom is -0.385 e. The highest BCUT2D eigenvalue weighted by molar-refractivity contribution is 7.11. The number of rotatable bonds is 2. The number of nitrogens with zero attached hydrogens (tertiary/aromatic N) is 1. The van der Waals surface area contributed by atoms with E-state index in [9.17, 15) is 9.90 Å². The van der Waals surface area contributed by atoms with E-state index >= 15 is 0 Å². The molecular formula is C17H19NO2S. The van der Waals surface area contributed by atoms with Crippen molar-refractivity contribution in [1.82, 2.24) is 4.98 Å². The molecular weight excluding hydrogens is 282 g/mol. The van der Waals surface area contributed by atoms with Crippen LogP contribution in [0.4, 0.5) is 0 Å². The van der Waals surface area contributed by atoms with Gasteiger partial charge in [-0.05, 0) is 32.3 Å². The van der Waals surface area contributed by atoms with E-state index in [1.54, 1.807) is 11.3 Å². The lowest BCUT2D eigenvalue weighted by Crippen LogP contribution is -2.31. The number of aliphatic hydroxyl groups is 1. The lowest BCUT2D eigenvalue weighted by Gasteiger charge is -2.32. The summed E-state index contributed by atoms with van der Waals surface area (Å²) in [5.74, 6) is 0.255. The third-order valence-corrected chi connectivity index (χ3v) is 5.12. The maximum Gasteiger partial charge on any atom is 0.133 e. The largest absolute Gasteiger partial charge is 0.385 e. The molecule has 0 atom stereocenters. The molecule has 21 heavy (non-hydrogen) atoms. The monoisotopic (exact) mass is 301 g/mol. The Kier molecular flexibility index (Phi) is 3.68. The van der Waals surface area contributed by atoms with Crippen molar-refractivity contribution < 1.29 is 9.90 Å². The first-order chi connectivity index (χ1) is 9.98. The number of benzene rings is 1. The zero-order valence-electron chi connectivity index (χ0n) is 12.3. The standard InChI is InChI=1S/C17H19NO2S/c1-11-16(18-12(2)21-11)13-3-5-14(6-4-13)17(20)9-7-15(19)8-10-17/h3-6,20H,7-10H2,1-2H3. The smallest absolute Gasteiger partial charge is 0.133 e. The van der Waals surface area contributed by atoms with E-state index in [1.165, 1.54) is 4.88 Å². The van der Waals surface area contributed by atoms with Crippen molar-refractivity contribution >= 4 is 17.1 Å². The molecule has 1 aromatic carbocycles. The summed E-state index contributed by atoms with van der Waals surface area (Å²) in [7, 11) is 0. The summed E-state index contributed by atoms with van der Waals surface area (Å²) in [6, 6.07) is 7.98. The van der Waals surface area contributed by atoms with Gasteiger partial charge in [-0.25, -0.2) is 4.98 Å². The van der Waals surface area contributed by atoms with Gasteiger partial charge in [-0.1, -0.05) is 24.3 Å². The molecule has 110 valence electrons. The zero-order chi connectivity index (χ0) is 15.0. The predicted molar refractivity (Wildman–Crippen MR) is 84.4 cm³/mol. The van der Waals surface area contributed by atoms with E-state index in [4.69, 9.17) is 0 Å². The van der Waals surface area contributed by atoms with Crippen LogP contribution in [0.2, 0.25) is 0 Å². The molecule has 1 aliphatic rings. The molecule has 0 bridgehead atoms. The fraction of sp³-hybridized carbons (Fsp3) is 0.412. The van der Waals surface area contributed by atoms with Crippen LogP contribution in [0, 0.1) is 13.8 Å². The molecule has 4 heteroatoms. The average molecular weight is 301 g/mol. The molecule has 0 saturated heterocycles. The maximum absolute atomic E-state index is 11.3. The Labute approximate surface area is 128 Å². The van der Waals surface area contributed by atoms with Crippen LogP contribution >= 0.6 is 11.3 Å². The molecule has 0 spiro atoms. The summed E-state index contributed by atoms with van der Waals surface area (Å²) >= 11 is 1.70. The van der Waals surface area contributed by atoms with Crippen molar-refractivity contribution in [2.24, 2.45) is 0 Å². The lowest BCUT2D eigenvalue weighted by atomic mass is 9.79. The zero-order valence-corrected chi connectivity index (χ0v) is 13.2. The number of carbonyl (C=O) groups excluding carboxylic acids is 1. The Bertz CT molecular complexity index is 663. The summed E-state index contributed by atoms with van der Waals surface area (Å²) in [4.78, 5) is 17.1. The van der Waals surface area contributed by atoms with Gasteiger partial charge >= 0.3 is 0 Å². The van der Waals surface area contributed by atoms with Gasteiger partial charge in [0.15, 0.2) is 0 Å². The number of ketones is 1. The molecule has 1 saturated carbocycles. The van der Waals surface area contributed by atoms with E-state index in [2.05, 4.69) is 11.9 Å². The normalized spacial score (nSPS) is 18.0. The third-order valence-electron chi connectivity index (χ3n) is 4.23. The molecule has 0 unspecified atom stereocenters. The van der Waals surface area contributed by atoms with E-state index in [0.717, 1.165) is 21.8 Å². The summed E-state index contributed by atoms with van der Waals surface area (Å²) in [5.41, 5.74) is 2.16. The molecule has 1 N–H and O–H groups in total. The van der Waals surface area contributed by atoms with Crippen LogP contribution in [0.3, 0.4) is 0 Å². The summed E-state index contributed by atoms with van der Waals surface area (Å²) < 4.78 is 0.